The van der Waals surface area contributed by atoms with Crippen molar-refractivity contribution in [2.45, 2.75) is 58.2 Å². The van der Waals surface area contributed by atoms with E-state index in [1.807, 2.05) is 23.3 Å². The number of ketones is 1. The molecule has 0 bridgehead atoms. The Balaban J connectivity index is 2.10. The van der Waals surface area contributed by atoms with Crippen LogP contribution in [0.1, 0.15) is 46.1 Å². The second-order valence-electron chi connectivity index (χ2n) is 6.57. The molecule has 0 unspecified atom stereocenters. The molecule has 1 heterocycles. The smallest absolute Gasteiger partial charge is 0.136 e. The maximum absolute atomic E-state index is 11.8. The van der Waals surface area contributed by atoms with Crippen molar-refractivity contribution < 1.29 is 9.63 Å². The lowest BCUT2D eigenvalue weighted by atomic mass is 9.81. The van der Waals surface area contributed by atoms with E-state index in [4.69, 9.17) is 4.84 Å². The second kappa shape index (κ2) is 5.06. The van der Waals surface area contributed by atoms with Gasteiger partial charge in [-0.2, -0.15) is 5.06 Å². The molecule has 0 radical (unpaired) electrons. The van der Waals surface area contributed by atoms with Crippen LogP contribution in [0.15, 0.2) is 30.3 Å². The summed E-state index contributed by atoms with van der Waals surface area (Å²) in [5.74, 6) is 0.314. The van der Waals surface area contributed by atoms with Crippen molar-refractivity contribution in [2.75, 3.05) is 0 Å². The minimum Gasteiger partial charge on any atom is -0.300 e. The number of hydroxylamine groups is 2. The Labute approximate surface area is 115 Å². The van der Waals surface area contributed by atoms with E-state index in [1.165, 1.54) is 0 Å². The summed E-state index contributed by atoms with van der Waals surface area (Å²) >= 11 is 0. The molecular formula is C16H23NO2. The molecule has 19 heavy (non-hydrogen) atoms. The fourth-order valence-electron chi connectivity index (χ4n) is 3.05. The van der Waals surface area contributed by atoms with Gasteiger partial charge in [0.25, 0.3) is 0 Å². The maximum Gasteiger partial charge on any atom is 0.136 e. The van der Waals surface area contributed by atoms with Crippen LogP contribution in [0.5, 0.6) is 0 Å². The molecule has 1 aromatic rings. The average molecular weight is 261 g/mol. The molecule has 0 saturated carbocycles. The molecule has 2 rings (SSSR count). The highest BCUT2D eigenvalue weighted by molar-refractivity contribution is 5.81. The zero-order chi connectivity index (χ0) is 14.1. The predicted molar refractivity (Wildman–Crippen MR) is 75.5 cm³/mol. The van der Waals surface area contributed by atoms with Crippen LogP contribution in [0.3, 0.4) is 0 Å². The van der Waals surface area contributed by atoms with Gasteiger partial charge < -0.3 is 0 Å². The number of hydrogen-bond acceptors (Lipinski definition) is 3. The third kappa shape index (κ3) is 3.23. The van der Waals surface area contributed by atoms with E-state index in [2.05, 4.69) is 39.8 Å². The molecule has 1 aromatic carbocycles. The van der Waals surface area contributed by atoms with Gasteiger partial charge in [0.1, 0.15) is 5.78 Å². The summed E-state index contributed by atoms with van der Waals surface area (Å²) in [5, 5.41) is 2.01. The first-order valence-electron chi connectivity index (χ1n) is 6.80. The molecule has 0 atom stereocenters. The van der Waals surface area contributed by atoms with Gasteiger partial charge in [-0.25, -0.2) is 0 Å². The van der Waals surface area contributed by atoms with Crippen LogP contribution >= 0.6 is 0 Å². The van der Waals surface area contributed by atoms with Gasteiger partial charge in [0.2, 0.25) is 0 Å². The highest BCUT2D eigenvalue weighted by atomic mass is 16.7. The summed E-state index contributed by atoms with van der Waals surface area (Å²) in [6, 6.07) is 10.1. The highest BCUT2D eigenvalue weighted by Gasteiger charge is 2.46. The van der Waals surface area contributed by atoms with Gasteiger partial charge in [-0.1, -0.05) is 30.3 Å². The van der Waals surface area contributed by atoms with Crippen LogP contribution in [-0.4, -0.2) is 21.9 Å². The Morgan fingerprint density at radius 3 is 2.11 bits per heavy atom. The molecule has 0 amide bonds. The molecule has 0 N–H and O–H groups in total. The molecular weight excluding hydrogens is 238 g/mol. The molecule has 3 nitrogen and oxygen atoms in total. The van der Waals surface area contributed by atoms with Crippen molar-refractivity contribution in [1.29, 1.82) is 0 Å². The van der Waals surface area contributed by atoms with Crippen LogP contribution in [0, 0.1) is 0 Å². The topological polar surface area (TPSA) is 29.5 Å². The number of nitrogens with zero attached hydrogens (tertiary/aromatic N) is 1. The summed E-state index contributed by atoms with van der Waals surface area (Å²) in [4.78, 5) is 17.9. The lowest BCUT2D eigenvalue weighted by molar-refractivity contribution is -0.281. The van der Waals surface area contributed by atoms with Crippen LogP contribution in [0.25, 0.3) is 0 Å². The summed E-state index contributed by atoms with van der Waals surface area (Å²) in [6.07, 6.45) is 1.09. The molecule has 0 aromatic heterocycles. The van der Waals surface area contributed by atoms with Gasteiger partial charge in [-0.15, -0.1) is 0 Å². The largest absolute Gasteiger partial charge is 0.300 e. The Kier molecular flexibility index (Phi) is 3.79. The summed E-state index contributed by atoms with van der Waals surface area (Å²) < 4.78 is 0. The Morgan fingerprint density at radius 2 is 1.58 bits per heavy atom. The van der Waals surface area contributed by atoms with E-state index >= 15 is 0 Å². The number of hydrogen-bond donors (Lipinski definition) is 0. The number of piperidine rings is 1. The second-order valence-corrected chi connectivity index (χ2v) is 6.57. The molecule has 1 saturated heterocycles. The van der Waals surface area contributed by atoms with E-state index in [9.17, 15) is 4.79 Å². The zero-order valence-corrected chi connectivity index (χ0v) is 12.3. The van der Waals surface area contributed by atoms with E-state index in [1.54, 1.807) is 0 Å². The van der Waals surface area contributed by atoms with Gasteiger partial charge in [0, 0.05) is 23.9 Å². The van der Waals surface area contributed by atoms with Crippen LogP contribution < -0.4 is 0 Å². The minimum atomic E-state index is -0.256. The van der Waals surface area contributed by atoms with E-state index in [0.717, 1.165) is 5.56 Å². The molecule has 1 fully saturated rings. The molecule has 1 aliphatic rings. The van der Waals surface area contributed by atoms with Gasteiger partial charge >= 0.3 is 0 Å². The Bertz CT molecular complexity index is 431. The lowest BCUT2D eigenvalue weighted by Gasteiger charge is -2.50. The van der Waals surface area contributed by atoms with Crippen LogP contribution in [-0.2, 0) is 16.2 Å². The van der Waals surface area contributed by atoms with Crippen molar-refractivity contribution in [3.05, 3.63) is 35.9 Å². The van der Waals surface area contributed by atoms with Crippen molar-refractivity contribution in [1.82, 2.24) is 5.06 Å². The molecule has 0 aliphatic carbocycles. The number of benzene rings is 1. The SMILES string of the molecule is CC1(C)CC(=O)CC(C)(C)N1OCc1ccccc1. The Hall–Kier alpha value is -1.19. The molecule has 0 spiro atoms. The summed E-state index contributed by atoms with van der Waals surface area (Å²) in [5.41, 5.74) is 0.632. The first-order chi connectivity index (χ1) is 8.81. The van der Waals surface area contributed by atoms with Gasteiger partial charge in [-0.3, -0.25) is 9.63 Å². The quantitative estimate of drug-likeness (QED) is 0.835. The van der Waals surface area contributed by atoms with Gasteiger partial charge in [0.05, 0.1) is 6.61 Å². The molecule has 1 aliphatic heterocycles. The zero-order valence-electron chi connectivity index (χ0n) is 12.3. The summed E-state index contributed by atoms with van der Waals surface area (Å²) in [6.45, 7) is 8.81. The average Bonchev–Trinajstić information content (AvgIpc) is 2.26. The van der Waals surface area contributed by atoms with E-state index in [-0.39, 0.29) is 11.1 Å². The first-order valence-corrected chi connectivity index (χ1v) is 6.80. The summed E-state index contributed by atoms with van der Waals surface area (Å²) in [7, 11) is 0. The minimum absolute atomic E-state index is 0.256. The van der Waals surface area contributed by atoms with E-state index in [0.29, 0.717) is 25.2 Å². The fraction of sp³-hybridized carbons (Fsp3) is 0.562. The van der Waals surface area contributed by atoms with Crippen LogP contribution in [0.2, 0.25) is 0 Å². The maximum atomic E-state index is 11.8. The lowest BCUT2D eigenvalue weighted by Crippen LogP contribution is -2.60. The first kappa shape index (κ1) is 14.2. The standard InChI is InChI=1S/C16H23NO2/c1-15(2)10-14(18)11-16(3,4)17(15)19-12-13-8-6-5-7-9-13/h5-9H,10-12H2,1-4H3. The Morgan fingerprint density at radius 1 is 1.05 bits per heavy atom. The molecule has 104 valence electrons. The third-order valence-electron chi connectivity index (χ3n) is 3.56. The number of rotatable bonds is 3. The highest BCUT2D eigenvalue weighted by Crippen LogP contribution is 2.37. The molecule has 3 heteroatoms. The fourth-order valence-corrected chi connectivity index (χ4v) is 3.05. The predicted octanol–water partition coefficient (Wildman–Crippen LogP) is 3.34. The number of carbonyl (C=O) groups is 1. The van der Waals surface area contributed by atoms with E-state index < -0.39 is 0 Å². The third-order valence-corrected chi connectivity index (χ3v) is 3.56. The van der Waals surface area contributed by atoms with Gasteiger partial charge in [-0.05, 0) is 33.3 Å². The van der Waals surface area contributed by atoms with Crippen molar-refractivity contribution >= 4 is 5.78 Å². The van der Waals surface area contributed by atoms with Crippen molar-refractivity contribution in [3.63, 3.8) is 0 Å². The number of carbonyl (C=O) groups excluding carboxylic acids is 1. The van der Waals surface area contributed by atoms with Crippen molar-refractivity contribution in [2.24, 2.45) is 0 Å². The normalized spacial score (nSPS) is 22.4. The number of Topliss-reactive ketones (excluding diaryl/α,β-unsaturated/α-hetero) is 1. The monoisotopic (exact) mass is 261 g/mol. The van der Waals surface area contributed by atoms with Gasteiger partial charge in [0.15, 0.2) is 0 Å². The van der Waals surface area contributed by atoms with Crippen molar-refractivity contribution in [3.8, 4) is 0 Å². The van der Waals surface area contributed by atoms with Crippen LogP contribution in [0.4, 0.5) is 0 Å².